The van der Waals surface area contributed by atoms with Gasteiger partial charge in [0.2, 0.25) is 0 Å². The minimum atomic E-state index is -0.314. The molecule has 6 nitrogen and oxygen atoms in total. The number of nitrogens with zero attached hydrogens (tertiary/aromatic N) is 1. The Morgan fingerprint density at radius 2 is 2.30 bits per heavy atom. The second kappa shape index (κ2) is 6.55. The molecule has 1 aliphatic heterocycles. The molecule has 23 heavy (non-hydrogen) atoms. The number of furan rings is 1. The lowest BCUT2D eigenvalue weighted by Crippen LogP contribution is -2.52. The zero-order valence-electron chi connectivity index (χ0n) is 13.1. The highest BCUT2D eigenvalue weighted by Crippen LogP contribution is 2.29. The first-order valence-corrected chi connectivity index (χ1v) is 8.35. The van der Waals surface area contributed by atoms with E-state index in [4.69, 9.17) is 4.42 Å². The maximum atomic E-state index is 12.7. The highest BCUT2D eigenvalue weighted by Gasteiger charge is 2.26. The number of hydrogen-bond donors (Lipinski definition) is 2. The molecule has 1 unspecified atom stereocenters. The molecule has 7 heteroatoms. The van der Waals surface area contributed by atoms with Gasteiger partial charge in [-0.25, -0.2) is 0 Å². The van der Waals surface area contributed by atoms with Crippen LogP contribution in [-0.2, 0) is 0 Å². The van der Waals surface area contributed by atoms with Gasteiger partial charge in [0, 0.05) is 25.7 Å². The van der Waals surface area contributed by atoms with E-state index in [1.807, 2.05) is 24.8 Å². The Hall–Kier alpha value is -2.12. The van der Waals surface area contributed by atoms with Gasteiger partial charge in [-0.2, -0.15) is 0 Å². The molecule has 0 saturated carbocycles. The highest BCUT2D eigenvalue weighted by atomic mass is 32.1. The third-order valence-corrected chi connectivity index (χ3v) is 5.00. The largest absolute Gasteiger partial charge is 0.459 e. The number of rotatable bonds is 3. The van der Waals surface area contributed by atoms with Crippen molar-refractivity contribution in [2.75, 3.05) is 25.0 Å². The van der Waals surface area contributed by atoms with Crippen LogP contribution in [0, 0.1) is 6.92 Å². The summed E-state index contributed by atoms with van der Waals surface area (Å²) in [6.07, 6.45) is 1.45. The zero-order valence-corrected chi connectivity index (χ0v) is 13.9. The van der Waals surface area contributed by atoms with E-state index in [1.54, 1.807) is 12.1 Å². The van der Waals surface area contributed by atoms with Gasteiger partial charge in [-0.1, -0.05) is 0 Å². The fourth-order valence-corrected chi connectivity index (χ4v) is 3.63. The zero-order chi connectivity index (χ0) is 16.4. The quantitative estimate of drug-likeness (QED) is 0.904. The van der Waals surface area contributed by atoms with E-state index in [0.717, 1.165) is 18.7 Å². The smallest absolute Gasteiger partial charge is 0.291 e. The van der Waals surface area contributed by atoms with Gasteiger partial charge < -0.3 is 20.0 Å². The number of carbonyl (C=O) groups is 2. The standard InChI is InChI=1S/C16H19N3O3S/c1-10-8-13(18-15(20)12-4-3-7-22-12)23-14(10)16(21)19-6-5-17-9-11(19)2/h3-4,7-8,11,17H,5-6,9H2,1-2H3,(H,18,20). The molecule has 2 aromatic heterocycles. The third kappa shape index (κ3) is 3.30. The second-order valence-electron chi connectivity index (χ2n) is 5.61. The SMILES string of the molecule is Cc1cc(NC(=O)c2ccco2)sc1C(=O)N1CCNCC1C. The number of anilines is 1. The molecule has 0 radical (unpaired) electrons. The Morgan fingerprint density at radius 3 is 3.00 bits per heavy atom. The van der Waals surface area contributed by atoms with Crippen molar-refractivity contribution in [3.05, 3.63) is 40.7 Å². The fraction of sp³-hybridized carbons (Fsp3) is 0.375. The fourth-order valence-electron chi connectivity index (χ4n) is 2.61. The first-order chi connectivity index (χ1) is 11.1. The molecule has 3 rings (SSSR count). The van der Waals surface area contributed by atoms with Crippen molar-refractivity contribution in [2.24, 2.45) is 0 Å². The number of nitrogens with one attached hydrogen (secondary N) is 2. The van der Waals surface area contributed by atoms with Gasteiger partial charge >= 0.3 is 0 Å². The summed E-state index contributed by atoms with van der Waals surface area (Å²) in [7, 11) is 0. The van der Waals surface area contributed by atoms with Gasteiger partial charge in [-0.3, -0.25) is 9.59 Å². The lowest BCUT2D eigenvalue weighted by Gasteiger charge is -2.33. The minimum Gasteiger partial charge on any atom is -0.459 e. The third-order valence-electron chi connectivity index (χ3n) is 3.86. The predicted molar refractivity (Wildman–Crippen MR) is 89.1 cm³/mol. The molecule has 122 valence electrons. The van der Waals surface area contributed by atoms with Crippen LogP contribution >= 0.6 is 11.3 Å². The van der Waals surface area contributed by atoms with Crippen LogP contribution in [0.25, 0.3) is 0 Å². The summed E-state index contributed by atoms with van der Waals surface area (Å²) < 4.78 is 5.07. The maximum Gasteiger partial charge on any atom is 0.291 e. The van der Waals surface area contributed by atoms with Crippen molar-refractivity contribution in [3.8, 4) is 0 Å². The molecule has 0 aliphatic carbocycles. The topological polar surface area (TPSA) is 74.6 Å². The van der Waals surface area contributed by atoms with E-state index in [1.165, 1.54) is 17.6 Å². The number of carbonyl (C=O) groups excluding carboxylic acids is 2. The summed E-state index contributed by atoms with van der Waals surface area (Å²) in [5.41, 5.74) is 0.875. The molecule has 0 aromatic carbocycles. The Morgan fingerprint density at radius 1 is 1.48 bits per heavy atom. The van der Waals surface area contributed by atoms with E-state index in [-0.39, 0.29) is 23.6 Å². The van der Waals surface area contributed by atoms with E-state index in [2.05, 4.69) is 10.6 Å². The van der Waals surface area contributed by atoms with Crippen molar-refractivity contribution in [1.29, 1.82) is 0 Å². The van der Waals surface area contributed by atoms with Crippen molar-refractivity contribution >= 4 is 28.2 Å². The number of thiophene rings is 1. The normalized spacial score (nSPS) is 18.0. The summed E-state index contributed by atoms with van der Waals surface area (Å²) in [5.74, 6) is -0.0366. The Balaban J connectivity index is 1.75. The average molecular weight is 333 g/mol. The van der Waals surface area contributed by atoms with Crippen LogP contribution in [-0.4, -0.2) is 42.4 Å². The van der Waals surface area contributed by atoms with Gasteiger partial charge in [0.05, 0.1) is 16.1 Å². The van der Waals surface area contributed by atoms with Crippen LogP contribution in [0.5, 0.6) is 0 Å². The van der Waals surface area contributed by atoms with E-state index < -0.39 is 0 Å². The summed E-state index contributed by atoms with van der Waals surface area (Å²) in [6, 6.07) is 5.25. The van der Waals surface area contributed by atoms with Gasteiger partial charge in [0.25, 0.3) is 11.8 Å². The lowest BCUT2D eigenvalue weighted by atomic mass is 10.2. The monoisotopic (exact) mass is 333 g/mol. The van der Waals surface area contributed by atoms with Crippen LogP contribution < -0.4 is 10.6 Å². The van der Waals surface area contributed by atoms with Crippen LogP contribution in [0.2, 0.25) is 0 Å². The van der Waals surface area contributed by atoms with E-state index >= 15 is 0 Å². The van der Waals surface area contributed by atoms with Gasteiger partial charge in [-0.05, 0) is 37.6 Å². The first-order valence-electron chi connectivity index (χ1n) is 7.53. The molecule has 1 saturated heterocycles. The number of amides is 2. The maximum absolute atomic E-state index is 12.7. The summed E-state index contributed by atoms with van der Waals surface area (Å²) >= 11 is 1.30. The summed E-state index contributed by atoms with van der Waals surface area (Å²) in [6.45, 7) is 6.23. The van der Waals surface area contributed by atoms with Gasteiger partial charge in [-0.15, -0.1) is 11.3 Å². The molecule has 1 fully saturated rings. The molecular weight excluding hydrogens is 314 g/mol. The summed E-state index contributed by atoms with van der Waals surface area (Å²) in [4.78, 5) is 27.3. The number of aryl methyl sites for hydroxylation is 1. The Labute approximate surface area is 138 Å². The van der Waals surface area contributed by atoms with E-state index in [0.29, 0.717) is 16.4 Å². The van der Waals surface area contributed by atoms with Crippen molar-refractivity contribution in [1.82, 2.24) is 10.2 Å². The first kappa shape index (κ1) is 15.8. The van der Waals surface area contributed by atoms with Crippen molar-refractivity contribution in [2.45, 2.75) is 19.9 Å². The highest BCUT2D eigenvalue weighted by molar-refractivity contribution is 7.18. The molecular formula is C16H19N3O3S. The van der Waals surface area contributed by atoms with Gasteiger partial charge in [0.15, 0.2) is 5.76 Å². The molecule has 1 atom stereocenters. The Bertz CT molecular complexity index is 708. The molecule has 1 aliphatic rings. The predicted octanol–water partition coefficient (Wildman–Crippen LogP) is 2.34. The average Bonchev–Trinajstić information content (AvgIpc) is 3.17. The van der Waals surface area contributed by atoms with Crippen molar-refractivity contribution < 1.29 is 14.0 Å². The number of piperazine rings is 1. The minimum absolute atomic E-state index is 0.0278. The molecule has 2 N–H and O–H groups in total. The summed E-state index contributed by atoms with van der Waals surface area (Å²) in [5, 5.41) is 6.70. The molecule has 0 bridgehead atoms. The van der Waals surface area contributed by atoms with Crippen LogP contribution in [0.4, 0.5) is 5.00 Å². The number of hydrogen-bond acceptors (Lipinski definition) is 5. The van der Waals surface area contributed by atoms with Crippen LogP contribution in [0.15, 0.2) is 28.9 Å². The van der Waals surface area contributed by atoms with E-state index in [9.17, 15) is 9.59 Å². The molecule has 2 amide bonds. The van der Waals surface area contributed by atoms with Crippen LogP contribution in [0.1, 0.15) is 32.7 Å². The Kier molecular flexibility index (Phi) is 4.49. The second-order valence-corrected chi connectivity index (χ2v) is 6.66. The molecule has 2 aromatic rings. The lowest BCUT2D eigenvalue weighted by molar-refractivity contribution is 0.0660. The van der Waals surface area contributed by atoms with Gasteiger partial charge in [0.1, 0.15) is 0 Å². The van der Waals surface area contributed by atoms with Crippen LogP contribution in [0.3, 0.4) is 0 Å². The van der Waals surface area contributed by atoms with Crippen molar-refractivity contribution in [3.63, 3.8) is 0 Å². The molecule has 3 heterocycles. The molecule has 0 spiro atoms.